The van der Waals surface area contributed by atoms with E-state index in [0.29, 0.717) is 6.61 Å². The van der Waals surface area contributed by atoms with Crippen LogP contribution in [0.25, 0.3) is 0 Å². The lowest BCUT2D eigenvalue weighted by atomic mass is 10.00. The second-order valence-corrected chi connectivity index (χ2v) is 2.62. The van der Waals surface area contributed by atoms with Gasteiger partial charge in [-0.1, -0.05) is 5.18 Å². The molecule has 0 aliphatic carbocycles. The molecule has 4 heteroatoms. The summed E-state index contributed by atoms with van der Waals surface area (Å²) in [7, 11) is 0. The largest absolute Gasteiger partial charge is 0.376 e. The SMILES string of the molecule is C[C@H]1OCC[C@@H](N)[C@H]1N=O. The smallest absolute Gasteiger partial charge is 0.133 e. The van der Waals surface area contributed by atoms with Gasteiger partial charge in [-0.05, 0) is 13.3 Å². The Bertz CT molecular complexity index is 119. The first-order valence-electron chi connectivity index (χ1n) is 3.45. The topological polar surface area (TPSA) is 64.7 Å². The Morgan fingerprint density at radius 1 is 1.70 bits per heavy atom. The van der Waals surface area contributed by atoms with Gasteiger partial charge in [0, 0.05) is 12.6 Å². The first-order valence-corrected chi connectivity index (χ1v) is 3.45. The highest BCUT2D eigenvalue weighted by atomic mass is 16.5. The Balaban J connectivity index is 2.53. The zero-order valence-electron chi connectivity index (χ0n) is 5.99. The lowest BCUT2D eigenvalue weighted by molar-refractivity contribution is 0.00494. The van der Waals surface area contributed by atoms with Crippen LogP contribution in [-0.2, 0) is 4.74 Å². The number of nitrogens with zero attached hydrogens (tertiary/aromatic N) is 1. The van der Waals surface area contributed by atoms with E-state index >= 15 is 0 Å². The van der Waals surface area contributed by atoms with Gasteiger partial charge in [0.15, 0.2) is 0 Å². The molecule has 0 spiro atoms. The van der Waals surface area contributed by atoms with Gasteiger partial charge in [-0.15, -0.1) is 0 Å². The van der Waals surface area contributed by atoms with Gasteiger partial charge in [0.25, 0.3) is 0 Å². The Morgan fingerprint density at radius 2 is 2.40 bits per heavy atom. The van der Waals surface area contributed by atoms with E-state index in [1.807, 2.05) is 6.92 Å². The first-order chi connectivity index (χ1) is 4.75. The molecule has 1 aliphatic rings. The minimum atomic E-state index is -0.353. The van der Waals surface area contributed by atoms with E-state index in [2.05, 4.69) is 5.18 Å². The minimum Gasteiger partial charge on any atom is -0.376 e. The number of nitrogens with two attached hydrogens (primary N) is 1. The van der Waals surface area contributed by atoms with Crippen molar-refractivity contribution in [2.45, 2.75) is 31.5 Å². The van der Waals surface area contributed by atoms with Crippen LogP contribution in [0.2, 0.25) is 0 Å². The number of ether oxygens (including phenoxy) is 1. The van der Waals surface area contributed by atoms with Gasteiger partial charge >= 0.3 is 0 Å². The third kappa shape index (κ3) is 1.33. The first kappa shape index (κ1) is 7.63. The molecule has 4 nitrogen and oxygen atoms in total. The summed E-state index contributed by atoms with van der Waals surface area (Å²) in [5.41, 5.74) is 5.61. The third-order valence-corrected chi connectivity index (χ3v) is 1.87. The molecule has 1 fully saturated rings. The van der Waals surface area contributed by atoms with Crippen LogP contribution in [0.5, 0.6) is 0 Å². The Kier molecular flexibility index (Phi) is 2.34. The zero-order valence-corrected chi connectivity index (χ0v) is 5.99. The zero-order chi connectivity index (χ0) is 7.56. The number of nitroso groups, excluding NO2 is 1. The molecule has 3 atom stereocenters. The van der Waals surface area contributed by atoms with Crippen LogP contribution in [0.4, 0.5) is 0 Å². The van der Waals surface area contributed by atoms with Crippen LogP contribution in [0.15, 0.2) is 5.18 Å². The van der Waals surface area contributed by atoms with Crippen LogP contribution in [-0.4, -0.2) is 24.8 Å². The monoisotopic (exact) mass is 144 g/mol. The van der Waals surface area contributed by atoms with Crippen molar-refractivity contribution >= 4 is 0 Å². The van der Waals surface area contributed by atoms with E-state index in [1.165, 1.54) is 0 Å². The van der Waals surface area contributed by atoms with E-state index in [4.69, 9.17) is 10.5 Å². The molecular formula is C6H12N2O2. The van der Waals surface area contributed by atoms with E-state index < -0.39 is 0 Å². The molecule has 58 valence electrons. The molecule has 0 aromatic heterocycles. The molecule has 0 unspecified atom stereocenters. The second kappa shape index (κ2) is 3.07. The summed E-state index contributed by atoms with van der Waals surface area (Å²) in [6.45, 7) is 2.47. The molecule has 0 bridgehead atoms. The number of hydrogen-bond donors (Lipinski definition) is 1. The summed E-state index contributed by atoms with van der Waals surface area (Å²) in [5, 5.41) is 2.91. The van der Waals surface area contributed by atoms with Crippen molar-refractivity contribution in [1.29, 1.82) is 0 Å². The van der Waals surface area contributed by atoms with Crippen molar-refractivity contribution in [1.82, 2.24) is 0 Å². The molecule has 2 N–H and O–H groups in total. The average molecular weight is 144 g/mol. The van der Waals surface area contributed by atoms with Gasteiger partial charge in [-0.3, -0.25) is 0 Å². The molecule has 0 radical (unpaired) electrons. The molecule has 1 aliphatic heterocycles. The van der Waals surface area contributed by atoms with Gasteiger partial charge in [-0.25, -0.2) is 0 Å². The summed E-state index contributed by atoms with van der Waals surface area (Å²) in [6.07, 6.45) is 0.627. The fraction of sp³-hybridized carbons (Fsp3) is 1.00. The highest BCUT2D eigenvalue weighted by molar-refractivity contribution is 4.87. The third-order valence-electron chi connectivity index (χ3n) is 1.87. The van der Waals surface area contributed by atoms with Crippen LogP contribution in [0.3, 0.4) is 0 Å². The van der Waals surface area contributed by atoms with E-state index in [9.17, 15) is 4.91 Å². The second-order valence-electron chi connectivity index (χ2n) is 2.62. The Labute approximate surface area is 59.7 Å². The van der Waals surface area contributed by atoms with Gasteiger partial charge in [-0.2, -0.15) is 4.91 Å². The van der Waals surface area contributed by atoms with Crippen LogP contribution in [0, 0.1) is 4.91 Å². The molecular weight excluding hydrogens is 132 g/mol. The van der Waals surface area contributed by atoms with Crippen molar-refractivity contribution < 1.29 is 4.74 Å². The maximum absolute atomic E-state index is 10.2. The van der Waals surface area contributed by atoms with Crippen LogP contribution >= 0.6 is 0 Å². The Morgan fingerprint density at radius 3 is 2.80 bits per heavy atom. The summed E-state index contributed by atoms with van der Waals surface area (Å²) in [6, 6.07) is -0.463. The molecule has 0 saturated carbocycles. The van der Waals surface area contributed by atoms with Gasteiger partial charge in [0.2, 0.25) is 0 Å². The molecule has 1 saturated heterocycles. The molecule has 1 heterocycles. The quantitative estimate of drug-likeness (QED) is 0.537. The fourth-order valence-corrected chi connectivity index (χ4v) is 1.17. The summed E-state index contributed by atoms with van der Waals surface area (Å²) < 4.78 is 5.18. The molecule has 0 aromatic rings. The van der Waals surface area contributed by atoms with Crippen molar-refractivity contribution in [3.05, 3.63) is 4.91 Å². The van der Waals surface area contributed by atoms with Gasteiger partial charge in [0.05, 0.1) is 6.10 Å². The average Bonchev–Trinajstić information content (AvgIpc) is 1.88. The van der Waals surface area contributed by atoms with Crippen molar-refractivity contribution in [2.24, 2.45) is 10.9 Å². The molecule has 1 rings (SSSR count). The number of hydrogen-bond acceptors (Lipinski definition) is 4. The highest BCUT2D eigenvalue weighted by Crippen LogP contribution is 2.15. The summed E-state index contributed by atoms with van der Waals surface area (Å²) >= 11 is 0. The van der Waals surface area contributed by atoms with Gasteiger partial charge < -0.3 is 10.5 Å². The fourth-order valence-electron chi connectivity index (χ4n) is 1.17. The number of rotatable bonds is 1. The molecule has 10 heavy (non-hydrogen) atoms. The highest BCUT2D eigenvalue weighted by Gasteiger charge is 2.29. The van der Waals surface area contributed by atoms with E-state index in [-0.39, 0.29) is 18.2 Å². The minimum absolute atomic E-state index is 0.110. The lowest BCUT2D eigenvalue weighted by Crippen LogP contribution is -2.46. The van der Waals surface area contributed by atoms with Crippen molar-refractivity contribution in [2.75, 3.05) is 6.61 Å². The van der Waals surface area contributed by atoms with Crippen LogP contribution < -0.4 is 5.73 Å². The van der Waals surface area contributed by atoms with E-state index in [0.717, 1.165) is 6.42 Å². The van der Waals surface area contributed by atoms with E-state index in [1.54, 1.807) is 0 Å². The maximum Gasteiger partial charge on any atom is 0.133 e. The Hall–Kier alpha value is -0.480. The standard InChI is InChI=1S/C6H12N2O2/c1-4-6(8-9)5(7)2-3-10-4/h4-6H,2-3,7H2,1H3/t4-,5-,6+/m1/s1. The lowest BCUT2D eigenvalue weighted by Gasteiger charge is -2.28. The predicted molar refractivity (Wildman–Crippen MR) is 37.6 cm³/mol. The van der Waals surface area contributed by atoms with Crippen molar-refractivity contribution in [3.63, 3.8) is 0 Å². The predicted octanol–water partition coefficient (Wildman–Crippen LogP) is 0.258. The molecule has 0 aromatic carbocycles. The normalized spacial score (nSPS) is 41.2. The van der Waals surface area contributed by atoms with Crippen molar-refractivity contribution in [3.8, 4) is 0 Å². The summed E-state index contributed by atoms with van der Waals surface area (Å²) in [4.78, 5) is 10.2. The maximum atomic E-state index is 10.2. The van der Waals surface area contributed by atoms with Crippen LogP contribution in [0.1, 0.15) is 13.3 Å². The summed E-state index contributed by atoms with van der Waals surface area (Å²) in [5.74, 6) is 0. The van der Waals surface area contributed by atoms with Gasteiger partial charge in [0.1, 0.15) is 6.04 Å². The molecule has 0 amide bonds.